The first kappa shape index (κ1) is 18.0. The van der Waals surface area contributed by atoms with Gasteiger partial charge in [0.15, 0.2) is 0 Å². The van der Waals surface area contributed by atoms with Crippen LogP contribution in [0.25, 0.3) is 0 Å². The van der Waals surface area contributed by atoms with E-state index in [9.17, 15) is 4.79 Å². The van der Waals surface area contributed by atoms with Crippen molar-refractivity contribution in [3.8, 4) is 0 Å². The van der Waals surface area contributed by atoms with Crippen LogP contribution in [0.5, 0.6) is 0 Å². The average molecular weight is 361 g/mol. The minimum atomic E-state index is -0.0834. The Bertz CT molecular complexity index is 688. The third-order valence-corrected chi connectivity index (χ3v) is 5.33. The predicted molar refractivity (Wildman–Crippen MR) is 101 cm³/mol. The summed E-state index contributed by atoms with van der Waals surface area (Å²) in [6.07, 6.45) is 9.64. The number of amides is 1. The number of halogens is 1. The summed E-state index contributed by atoms with van der Waals surface area (Å²) < 4.78 is 1.98. The fourth-order valence-electron chi connectivity index (χ4n) is 4.06. The van der Waals surface area contributed by atoms with Gasteiger partial charge >= 0.3 is 0 Å². The molecular formula is C19H25ClN4O. The third kappa shape index (κ3) is 4.05. The van der Waals surface area contributed by atoms with E-state index in [-0.39, 0.29) is 24.4 Å². The lowest BCUT2D eigenvalue weighted by molar-refractivity contribution is -0.118. The molecule has 0 radical (unpaired) electrons. The zero-order chi connectivity index (χ0) is 16.4. The summed E-state index contributed by atoms with van der Waals surface area (Å²) in [5, 5.41) is 6.54. The number of nitrogens with one attached hydrogen (secondary N) is 2. The molecule has 6 heteroatoms. The van der Waals surface area contributed by atoms with Gasteiger partial charge < -0.3 is 9.88 Å². The van der Waals surface area contributed by atoms with Gasteiger partial charge in [-0.05, 0) is 30.7 Å². The maximum atomic E-state index is 12.6. The van der Waals surface area contributed by atoms with E-state index in [0.29, 0.717) is 24.5 Å². The van der Waals surface area contributed by atoms with Gasteiger partial charge in [-0.3, -0.25) is 10.1 Å². The van der Waals surface area contributed by atoms with Gasteiger partial charge in [0, 0.05) is 18.4 Å². The average Bonchev–Trinajstić information content (AvgIpc) is 3.23. The largest absolute Gasteiger partial charge is 0.313 e. The summed E-state index contributed by atoms with van der Waals surface area (Å²) in [6.45, 7) is 0.708. The number of carbonyl (C=O) groups is 1. The molecule has 1 amide bonds. The van der Waals surface area contributed by atoms with Crippen LogP contribution in [0.3, 0.4) is 0 Å². The number of rotatable bonds is 4. The molecule has 3 unspecified atom stereocenters. The zero-order valence-corrected chi connectivity index (χ0v) is 15.0. The van der Waals surface area contributed by atoms with Gasteiger partial charge in [-0.15, -0.1) is 12.4 Å². The molecule has 1 aliphatic carbocycles. The topological polar surface area (TPSA) is 59.0 Å². The Morgan fingerprint density at radius 3 is 2.84 bits per heavy atom. The Kier molecular flexibility index (Phi) is 5.76. The summed E-state index contributed by atoms with van der Waals surface area (Å²) in [6, 6.07) is 10.6. The summed E-state index contributed by atoms with van der Waals surface area (Å²) in [4.78, 5) is 17.0. The van der Waals surface area contributed by atoms with E-state index in [2.05, 4.69) is 27.8 Å². The highest BCUT2D eigenvalue weighted by Gasteiger charge is 2.38. The molecule has 1 aromatic carbocycles. The number of aromatic nitrogens is 2. The molecule has 2 aliphatic rings. The Morgan fingerprint density at radius 2 is 2.04 bits per heavy atom. The number of benzene rings is 1. The van der Waals surface area contributed by atoms with Crippen LogP contribution in [-0.4, -0.2) is 27.5 Å². The summed E-state index contributed by atoms with van der Waals surface area (Å²) in [5.41, 5.74) is 1.19. The number of hydrogen-bond acceptors (Lipinski definition) is 3. The van der Waals surface area contributed by atoms with E-state index >= 15 is 0 Å². The maximum absolute atomic E-state index is 12.6. The molecule has 2 heterocycles. The molecule has 2 N–H and O–H groups in total. The fourth-order valence-corrected chi connectivity index (χ4v) is 4.06. The van der Waals surface area contributed by atoms with Crippen molar-refractivity contribution >= 4 is 24.3 Å². The second-order valence-corrected chi connectivity index (χ2v) is 6.96. The highest BCUT2D eigenvalue weighted by Crippen LogP contribution is 2.33. The minimum Gasteiger partial charge on any atom is -0.313 e. The fraction of sp³-hybridized carbons (Fsp3) is 0.474. The van der Waals surface area contributed by atoms with Crippen molar-refractivity contribution < 1.29 is 4.79 Å². The Labute approximate surface area is 154 Å². The molecule has 134 valence electrons. The van der Waals surface area contributed by atoms with Crippen molar-refractivity contribution in [1.82, 2.24) is 14.9 Å². The number of hydrogen-bond donors (Lipinski definition) is 2. The van der Waals surface area contributed by atoms with Crippen molar-refractivity contribution in [3.05, 3.63) is 48.3 Å². The minimum absolute atomic E-state index is 0. The van der Waals surface area contributed by atoms with Gasteiger partial charge in [0.25, 0.3) is 0 Å². The number of anilines is 1. The van der Waals surface area contributed by atoms with Gasteiger partial charge in [0.05, 0.1) is 12.6 Å². The molecule has 2 fully saturated rings. The van der Waals surface area contributed by atoms with E-state index in [4.69, 9.17) is 0 Å². The molecular weight excluding hydrogens is 336 g/mol. The van der Waals surface area contributed by atoms with Gasteiger partial charge in [-0.25, -0.2) is 4.98 Å². The molecule has 25 heavy (non-hydrogen) atoms. The van der Waals surface area contributed by atoms with Crippen LogP contribution >= 0.6 is 12.4 Å². The summed E-state index contributed by atoms with van der Waals surface area (Å²) in [7, 11) is 0. The second kappa shape index (κ2) is 8.02. The van der Waals surface area contributed by atoms with Crippen LogP contribution in [0.2, 0.25) is 0 Å². The van der Waals surface area contributed by atoms with E-state index in [1.165, 1.54) is 31.2 Å². The molecule has 4 rings (SSSR count). The van der Waals surface area contributed by atoms with Crippen LogP contribution in [-0.2, 0) is 11.3 Å². The van der Waals surface area contributed by atoms with E-state index in [1.54, 1.807) is 6.20 Å². The second-order valence-electron chi connectivity index (χ2n) is 6.96. The molecule has 1 saturated heterocycles. The Hall–Kier alpha value is -1.85. The number of fused-ring (bicyclic) bond motifs is 1. The predicted octanol–water partition coefficient (Wildman–Crippen LogP) is 3.21. The molecule has 5 nitrogen and oxygen atoms in total. The first-order chi connectivity index (χ1) is 11.8. The normalized spacial score (nSPS) is 25.0. The van der Waals surface area contributed by atoms with Crippen LogP contribution in [0.4, 0.5) is 5.95 Å². The van der Waals surface area contributed by atoms with E-state index in [0.717, 1.165) is 6.42 Å². The summed E-state index contributed by atoms with van der Waals surface area (Å²) in [5.74, 6) is 1.34. The van der Waals surface area contributed by atoms with Crippen molar-refractivity contribution in [3.63, 3.8) is 0 Å². The highest BCUT2D eigenvalue weighted by molar-refractivity contribution is 5.93. The highest BCUT2D eigenvalue weighted by atomic mass is 35.5. The molecule has 1 aromatic heterocycles. The van der Waals surface area contributed by atoms with Crippen LogP contribution in [0.15, 0.2) is 42.7 Å². The molecule has 0 bridgehead atoms. The van der Waals surface area contributed by atoms with E-state index < -0.39 is 0 Å². The molecule has 1 aliphatic heterocycles. The van der Waals surface area contributed by atoms with Crippen LogP contribution < -0.4 is 10.6 Å². The zero-order valence-electron chi connectivity index (χ0n) is 14.2. The smallest absolute Gasteiger partial charge is 0.243 e. The van der Waals surface area contributed by atoms with Crippen LogP contribution in [0, 0.1) is 5.92 Å². The van der Waals surface area contributed by atoms with E-state index in [1.807, 2.05) is 29.0 Å². The third-order valence-electron chi connectivity index (χ3n) is 5.33. The SMILES string of the molecule is Cl.O=C(Nc1nccn1Cc1ccccc1)C1CC2CCCCC2N1. The first-order valence-corrected chi connectivity index (χ1v) is 8.91. The van der Waals surface area contributed by atoms with Crippen molar-refractivity contribution in [2.24, 2.45) is 5.92 Å². The van der Waals surface area contributed by atoms with Gasteiger partial charge in [0.2, 0.25) is 11.9 Å². The maximum Gasteiger partial charge on any atom is 0.243 e. The number of carbonyl (C=O) groups excluding carboxylic acids is 1. The molecule has 3 atom stereocenters. The van der Waals surface area contributed by atoms with Crippen molar-refractivity contribution in [2.75, 3.05) is 5.32 Å². The van der Waals surface area contributed by atoms with Crippen molar-refractivity contribution in [1.29, 1.82) is 0 Å². The lowest BCUT2D eigenvalue weighted by Crippen LogP contribution is -2.40. The molecule has 2 aromatic rings. The lowest BCUT2D eigenvalue weighted by atomic mass is 9.85. The first-order valence-electron chi connectivity index (χ1n) is 8.91. The quantitative estimate of drug-likeness (QED) is 0.880. The number of nitrogens with zero attached hydrogens (tertiary/aromatic N) is 2. The Morgan fingerprint density at radius 1 is 1.24 bits per heavy atom. The standard InChI is InChI=1S/C19H24N4O.ClH/c24-18(17-12-15-8-4-5-9-16(15)21-17)22-19-20-10-11-23(19)13-14-6-2-1-3-7-14;/h1-3,6-7,10-11,15-17,21H,4-5,8-9,12-13H2,(H,20,22,24);1H. The Balaban J connectivity index is 0.00000182. The molecule has 0 spiro atoms. The lowest BCUT2D eigenvalue weighted by Gasteiger charge is -2.24. The van der Waals surface area contributed by atoms with Gasteiger partial charge in [0.1, 0.15) is 0 Å². The molecule has 1 saturated carbocycles. The van der Waals surface area contributed by atoms with Crippen LogP contribution in [0.1, 0.15) is 37.7 Å². The summed E-state index contributed by atoms with van der Waals surface area (Å²) >= 11 is 0. The monoisotopic (exact) mass is 360 g/mol. The van der Waals surface area contributed by atoms with Gasteiger partial charge in [-0.1, -0.05) is 43.2 Å². The van der Waals surface area contributed by atoms with Gasteiger partial charge in [-0.2, -0.15) is 0 Å². The number of imidazole rings is 1. The van der Waals surface area contributed by atoms with Crippen molar-refractivity contribution in [2.45, 2.75) is 50.7 Å².